The Balaban J connectivity index is 0.000000239. The molecule has 1 amide bonds. The van der Waals surface area contributed by atoms with E-state index in [9.17, 15) is 4.79 Å². The molecule has 22 heavy (non-hydrogen) atoms. The summed E-state index contributed by atoms with van der Waals surface area (Å²) in [5.74, 6) is 0. The highest BCUT2D eigenvalue weighted by molar-refractivity contribution is 5.69. The van der Waals surface area contributed by atoms with Crippen LogP contribution >= 0.6 is 0 Å². The normalized spacial score (nSPS) is 17.3. The van der Waals surface area contributed by atoms with Crippen molar-refractivity contribution in [3.63, 3.8) is 0 Å². The number of carbonyl (C=O) groups excluding carboxylic acids is 1. The molecular weight excluding hydrogens is 276 g/mol. The first kappa shape index (κ1) is 18.5. The molecule has 4 heteroatoms. The van der Waals surface area contributed by atoms with Gasteiger partial charge in [-0.05, 0) is 46.7 Å². The van der Waals surface area contributed by atoms with E-state index in [1.165, 1.54) is 5.56 Å². The van der Waals surface area contributed by atoms with Crippen molar-refractivity contribution in [1.82, 2.24) is 10.2 Å². The Hall–Kier alpha value is -1.55. The van der Waals surface area contributed by atoms with Crippen LogP contribution in [0.15, 0.2) is 24.3 Å². The fourth-order valence-electron chi connectivity index (χ4n) is 2.68. The predicted molar refractivity (Wildman–Crippen MR) is 91.1 cm³/mol. The lowest BCUT2D eigenvalue weighted by Gasteiger charge is -2.28. The Labute approximate surface area is 134 Å². The first-order valence-corrected chi connectivity index (χ1v) is 8.11. The molecule has 124 valence electrons. The van der Waals surface area contributed by atoms with Crippen molar-refractivity contribution in [2.75, 3.05) is 13.1 Å². The number of rotatable bonds is 4. The number of ether oxygens (including phenoxy) is 1. The number of nitrogens with zero attached hydrogens (tertiary/aromatic N) is 1. The van der Waals surface area contributed by atoms with Gasteiger partial charge in [-0.3, -0.25) is 4.90 Å². The van der Waals surface area contributed by atoms with Gasteiger partial charge >= 0.3 is 6.09 Å². The number of amides is 1. The van der Waals surface area contributed by atoms with Gasteiger partial charge in [0.25, 0.3) is 0 Å². The molecule has 1 aromatic carbocycles. The zero-order valence-electron chi connectivity index (χ0n) is 14.7. The van der Waals surface area contributed by atoms with E-state index < -0.39 is 0 Å². The van der Waals surface area contributed by atoms with Gasteiger partial charge in [0.15, 0.2) is 0 Å². The summed E-state index contributed by atoms with van der Waals surface area (Å²) in [6.45, 7) is 14.9. The lowest BCUT2D eigenvalue weighted by molar-refractivity contribution is 0.141. The van der Waals surface area contributed by atoms with E-state index in [1.54, 1.807) is 0 Å². The van der Waals surface area contributed by atoms with E-state index in [1.807, 2.05) is 31.2 Å². The Morgan fingerprint density at radius 1 is 1.18 bits per heavy atom. The van der Waals surface area contributed by atoms with Gasteiger partial charge in [0.2, 0.25) is 0 Å². The van der Waals surface area contributed by atoms with Gasteiger partial charge in [0.05, 0.1) is 6.54 Å². The highest BCUT2D eigenvalue weighted by atomic mass is 16.6. The summed E-state index contributed by atoms with van der Waals surface area (Å²) in [6, 6.07) is 9.38. The molecule has 0 bridgehead atoms. The molecule has 1 N–H and O–H groups in total. The molecule has 1 aliphatic heterocycles. The van der Waals surface area contributed by atoms with Crippen LogP contribution in [0.25, 0.3) is 0 Å². The molecule has 0 radical (unpaired) electrons. The summed E-state index contributed by atoms with van der Waals surface area (Å²) in [5.41, 5.74) is 2.25. The molecule has 1 unspecified atom stereocenters. The van der Waals surface area contributed by atoms with Gasteiger partial charge in [-0.15, -0.1) is 0 Å². The molecule has 0 saturated carbocycles. The third-order valence-electron chi connectivity index (χ3n) is 3.82. The maximum absolute atomic E-state index is 10.8. The topological polar surface area (TPSA) is 41.6 Å². The van der Waals surface area contributed by atoms with E-state index in [2.05, 4.69) is 44.8 Å². The smallest absolute Gasteiger partial charge is 0.407 e. The van der Waals surface area contributed by atoms with Crippen molar-refractivity contribution < 1.29 is 9.53 Å². The van der Waals surface area contributed by atoms with E-state index in [4.69, 9.17) is 4.74 Å². The minimum Gasteiger partial charge on any atom is -0.439 e. The van der Waals surface area contributed by atoms with Crippen molar-refractivity contribution in [2.24, 2.45) is 0 Å². The third kappa shape index (κ3) is 5.68. The second-order valence-electron chi connectivity index (χ2n) is 6.20. The van der Waals surface area contributed by atoms with Gasteiger partial charge in [0, 0.05) is 12.1 Å². The first-order chi connectivity index (χ1) is 10.3. The maximum atomic E-state index is 10.8. The molecule has 0 aliphatic carbocycles. The molecule has 0 aromatic heterocycles. The molecule has 1 aliphatic rings. The van der Waals surface area contributed by atoms with Crippen LogP contribution in [0, 0.1) is 6.92 Å². The number of aryl methyl sites for hydroxylation is 1. The predicted octanol–water partition coefficient (Wildman–Crippen LogP) is 3.90. The lowest BCUT2D eigenvalue weighted by atomic mass is 10.1. The number of nitrogens with one attached hydrogen (secondary N) is 1. The van der Waals surface area contributed by atoms with E-state index in [0.717, 1.165) is 12.1 Å². The summed E-state index contributed by atoms with van der Waals surface area (Å²) in [7, 11) is 0. The minimum absolute atomic E-state index is 0.118. The second-order valence-corrected chi connectivity index (χ2v) is 6.20. The minimum atomic E-state index is -0.328. The number of benzene rings is 1. The molecule has 1 heterocycles. The molecule has 1 saturated heterocycles. The zero-order valence-corrected chi connectivity index (χ0v) is 14.7. The summed E-state index contributed by atoms with van der Waals surface area (Å²) in [5, 5.41) is 2.62. The first-order valence-electron chi connectivity index (χ1n) is 8.11. The van der Waals surface area contributed by atoms with Crippen LogP contribution in [-0.4, -0.2) is 36.2 Å². The van der Waals surface area contributed by atoms with Crippen LogP contribution in [-0.2, 0) is 4.74 Å². The quantitative estimate of drug-likeness (QED) is 0.917. The zero-order chi connectivity index (χ0) is 16.7. The molecule has 1 fully saturated rings. The number of hydrogen-bond acceptors (Lipinski definition) is 3. The molecule has 2 rings (SSSR count). The van der Waals surface area contributed by atoms with Crippen LogP contribution in [0.2, 0.25) is 0 Å². The van der Waals surface area contributed by atoms with Crippen molar-refractivity contribution in [2.45, 2.75) is 59.7 Å². The fourth-order valence-corrected chi connectivity index (χ4v) is 2.68. The van der Waals surface area contributed by atoms with Crippen LogP contribution in [0.1, 0.15) is 51.8 Å². The van der Waals surface area contributed by atoms with Gasteiger partial charge in [-0.2, -0.15) is 0 Å². The molecule has 1 aromatic rings. The van der Waals surface area contributed by atoms with Crippen molar-refractivity contribution >= 4 is 6.09 Å². The van der Waals surface area contributed by atoms with Gasteiger partial charge in [0.1, 0.15) is 6.10 Å². The Bertz CT molecular complexity index is 447. The molecule has 0 spiro atoms. The standard InChI is InChI=1S/C10H11NO2.C8H19N/c1-7-2-4-8(5-3-7)9-6-11-10(12)13-9;1-6-9(7(2)3)8(4)5/h2-5,9H,6H2,1H3,(H,11,12);7-8H,6H2,1-5H3. The molecular formula is C18H30N2O2. The average molecular weight is 306 g/mol. The lowest BCUT2D eigenvalue weighted by Crippen LogP contribution is -2.36. The van der Waals surface area contributed by atoms with E-state index in [-0.39, 0.29) is 12.2 Å². The Kier molecular flexibility index (Phi) is 7.39. The van der Waals surface area contributed by atoms with Crippen molar-refractivity contribution in [3.05, 3.63) is 35.4 Å². The van der Waals surface area contributed by atoms with Crippen LogP contribution < -0.4 is 5.32 Å². The van der Waals surface area contributed by atoms with Crippen LogP contribution in [0.4, 0.5) is 4.79 Å². The van der Waals surface area contributed by atoms with Gasteiger partial charge in [-0.1, -0.05) is 36.8 Å². The fraction of sp³-hybridized carbons (Fsp3) is 0.611. The monoisotopic (exact) mass is 306 g/mol. The highest BCUT2D eigenvalue weighted by Gasteiger charge is 2.23. The largest absolute Gasteiger partial charge is 0.439 e. The number of cyclic esters (lactones) is 1. The van der Waals surface area contributed by atoms with E-state index in [0.29, 0.717) is 18.6 Å². The molecule has 4 nitrogen and oxygen atoms in total. The molecule has 1 atom stereocenters. The summed E-state index contributed by atoms with van der Waals surface area (Å²) < 4.78 is 5.04. The Morgan fingerprint density at radius 2 is 1.73 bits per heavy atom. The summed E-state index contributed by atoms with van der Waals surface area (Å²) in [4.78, 5) is 13.2. The van der Waals surface area contributed by atoms with Crippen LogP contribution in [0.3, 0.4) is 0 Å². The van der Waals surface area contributed by atoms with Gasteiger partial charge in [-0.25, -0.2) is 4.79 Å². The SMILES string of the molecule is CCN(C(C)C)C(C)C.Cc1ccc(C2CNC(=O)O2)cc1. The summed E-state index contributed by atoms with van der Waals surface area (Å²) >= 11 is 0. The van der Waals surface area contributed by atoms with Gasteiger partial charge < -0.3 is 10.1 Å². The average Bonchev–Trinajstić information content (AvgIpc) is 2.87. The van der Waals surface area contributed by atoms with Crippen molar-refractivity contribution in [3.8, 4) is 0 Å². The number of alkyl carbamates (subject to hydrolysis) is 1. The number of carbonyl (C=O) groups is 1. The maximum Gasteiger partial charge on any atom is 0.407 e. The number of hydrogen-bond donors (Lipinski definition) is 1. The third-order valence-corrected chi connectivity index (χ3v) is 3.82. The Morgan fingerprint density at radius 3 is 2.05 bits per heavy atom. The van der Waals surface area contributed by atoms with Crippen molar-refractivity contribution in [1.29, 1.82) is 0 Å². The van der Waals surface area contributed by atoms with Crippen LogP contribution in [0.5, 0.6) is 0 Å². The second kappa shape index (κ2) is 8.79. The van der Waals surface area contributed by atoms with E-state index >= 15 is 0 Å². The highest BCUT2D eigenvalue weighted by Crippen LogP contribution is 2.20. The summed E-state index contributed by atoms with van der Waals surface area (Å²) in [6.07, 6.45) is -0.446.